The van der Waals surface area contributed by atoms with Crippen LogP contribution in [-0.4, -0.2) is 34.2 Å². The molecule has 0 aromatic heterocycles. The maximum Gasteiger partial charge on any atom is 0.264 e. The van der Waals surface area contributed by atoms with E-state index >= 15 is 0 Å². The van der Waals surface area contributed by atoms with Crippen molar-refractivity contribution in [1.82, 2.24) is 5.43 Å². The highest BCUT2D eigenvalue weighted by molar-refractivity contribution is 7.92. The van der Waals surface area contributed by atoms with Crippen LogP contribution in [-0.2, 0) is 21.4 Å². The van der Waals surface area contributed by atoms with Crippen molar-refractivity contribution in [2.24, 2.45) is 5.10 Å². The van der Waals surface area contributed by atoms with Crippen molar-refractivity contribution in [3.63, 3.8) is 0 Å². The van der Waals surface area contributed by atoms with E-state index in [1.807, 2.05) is 6.07 Å². The van der Waals surface area contributed by atoms with Gasteiger partial charge in [0.15, 0.2) is 0 Å². The monoisotopic (exact) mass is 631 g/mol. The maximum absolute atomic E-state index is 13.5. The number of carbonyl (C=O) groups is 1. The maximum atomic E-state index is 13.5. The first-order valence-corrected chi connectivity index (χ1v) is 14.6. The van der Waals surface area contributed by atoms with Crippen molar-refractivity contribution in [3.05, 3.63) is 117 Å². The number of amides is 1. The molecule has 0 radical (unpaired) electrons. The standard InChI is InChI=1S/C29H24Cl3N3O5S/c1-39-24-10-12-26(13-11-24)41(37,38)35(23-4-2-3-22(30)16-23)18-29(36)34-33-17-20-5-8-25(9-6-20)40-19-21-7-14-27(31)28(32)15-21/h2-17H,18-19H2,1H3,(H,34,36)/b33-17-. The van der Waals surface area contributed by atoms with E-state index in [-0.39, 0.29) is 10.6 Å². The highest BCUT2D eigenvalue weighted by Gasteiger charge is 2.27. The average molecular weight is 633 g/mol. The fourth-order valence-corrected chi connectivity index (χ4v) is 5.53. The predicted octanol–water partition coefficient (Wildman–Crippen LogP) is 6.58. The van der Waals surface area contributed by atoms with Gasteiger partial charge in [-0.15, -0.1) is 0 Å². The number of benzene rings is 4. The van der Waals surface area contributed by atoms with Crippen molar-refractivity contribution in [3.8, 4) is 11.5 Å². The summed E-state index contributed by atoms with van der Waals surface area (Å²) in [5.74, 6) is 0.467. The Labute approximate surface area is 253 Å². The van der Waals surface area contributed by atoms with Crippen LogP contribution in [0.4, 0.5) is 5.69 Å². The third-order valence-electron chi connectivity index (χ3n) is 5.70. The highest BCUT2D eigenvalue weighted by Crippen LogP contribution is 2.27. The van der Waals surface area contributed by atoms with Crippen LogP contribution in [0.15, 0.2) is 101 Å². The Balaban J connectivity index is 1.40. The van der Waals surface area contributed by atoms with Crippen molar-refractivity contribution >= 4 is 62.6 Å². The smallest absolute Gasteiger partial charge is 0.264 e. The molecule has 4 aromatic rings. The number of nitrogens with zero attached hydrogens (tertiary/aromatic N) is 2. The van der Waals surface area contributed by atoms with Gasteiger partial charge in [0.25, 0.3) is 15.9 Å². The molecule has 0 atom stereocenters. The van der Waals surface area contributed by atoms with Crippen LogP contribution in [0.3, 0.4) is 0 Å². The molecule has 12 heteroatoms. The van der Waals surface area contributed by atoms with Crippen LogP contribution in [0, 0.1) is 0 Å². The van der Waals surface area contributed by atoms with Crippen molar-refractivity contribution in [2.75, 3.05) is 18.0 Å². The number of sulfonamides is 1. The number of hydrogen-bond donors (Lipinski definition) is 1. The summed E-state index contributed by atoms with van der Waals surface area (Å²) in [7, 11) is -2.64. The van der Waals surface area contributed by atoms with Crippen LogP contribution in [0.5, 0.6) is 11.5 Å². The highest BCUT2D eigenvalue weighted by atomic mass is 35.5. The Hall–Kier alpha value is -3.76. The summed E-state index contributed by atoms with van der Waals surface area (Å²) in [5, 5.41) is 5.22. The number of carbonyl (C=O) groups excluding carboxylic acids is 1. The Morgan fingerprint density at radius 1 is 0.902 bits per heavy atom. The van der Waals surface area contributed by atoms with Gasteiger partial charge in [0, 0.05) is 5.02 Å². The van der Waals surface area contributed by atoms with Crippen molar-refractivity contribution in [1.29, 1.82) is 0 Å². The van der Waals surface area contributed by atoms with E-state index in [2.05, 4.69) is 10.5 Å². The third-order valence-corrected chi connectivity index (χ3v) is 8.47. The molecule has 41 heavy (non-hydrogen) atoms. The lowest BCUT2D eigenvalue weighted by molar-refractivity contribution is -0.119. The second-order valence-electron chi connectivity index (χ2n) is 8.57. The summed E-state index contributed by atoms with van der Waals surface area (Å²) in [6, 6.07) is 24.4. The zero-order chi connectivity index (χ0) is 29.4. The van der Waals surface area contributed by atoms with Gasteiger partial charge in [-0.25, -0.2) is 13.8 Å². The topological polar surface area (TPSA) is 97.3 Å². The first kappa shape index (κ1) is 30.2. The van der Waals surface area contributed by atoms with Gasteiger partial charge in [0.05, 0.1) is 34.0 Å². The average Bonchev–Trinajstić information content (AvgIpc) is 2.97. The number of hydrogen-bond acceptors (Lipinski definition) is 6. The molecule has 0 spiro atoms. The van der Waals surface area contributed by atoms with E-state index < -0.39 is 22.5 Å². The number of methoxy groups -OCH3 is 1. The predicted molar refractivity (Wildman–Crippen MR) is 162 cm³/mol. The number of halogens is 3. The lowest BCUT2D eigenvalue weighted by Crippen LogP contribution is -2.39. The molecular formula is C29H24Cl3N3O5S. The first-order valence-electron chi connectivity index (χ1n) is 12.1. The number of ether oxygens (including phenoxy) is 2. The summed E-state index contributed by atoms with van der Waals surface area (Å²) in [4.78, 5) is 12.8. The molecule has 0 heterocycles. The minimum absolute atomic E-state index is 0.0176. The zero-order valence-corrected chi connectivity index (χ0v) is 24.7. The van der Waals surface area contributed by atoms with Gasteiger partial charge >= 0.3 is 0 Å². The minimum atomic E-state index is -4.12. The Bertz CT molecular complexity index is 1650. The summed E-state index contributed by atoms with van der Waals surface area (Å²) < 4.78 is 38.8. The van der Waals surface area contributed by atoms with Gasteiger partial charge < -0.3 is 9.47 Å². The van der Waals surface area contributed by atoms with Gasteiger partial charge in [-0.3, -0.25) is 9.10 Å². The lowest BCUT2D eigenvalue weighted by atomic mass is 10.2. The minimum Gasteiger partial charge on any atom is -0.497 e. The number of rotatable bonds is 11. The van der Waals surface area contributed by atoms with Crippen molar-refractivity contribution in [2.45, 2.75) is 11.5 Å². The summed E-state index contributed by atoms with van der Waals surface area (Å²) in [5.41, 5.74) is 4.16. The molecule has 0 bridgehead atoms. The molecule has 0 saturated carbocycles. The molecule has 8 nitrogen and oxygen atoms in total. The quantitative estimate of drug-likeness (QED) is 0.149. The molecule has 0 unspecified atom stereocenters. The molecule has 0 aliphatic heterocycles. The van der Waals surface area contributed by atoms with Gasteiger partial charge in [-0.1, -0.05) is 46.9 Å². The number of anilines is 1. The lowest BCUT2D eigenvalue weighted by Gasteiger charge is -2.24. The molecular weight excluding hydrogens is 609 g/mol. The van der Waals surface area contributed by atoms with E-state index in [1.165, 1.54) is 43.7 Å². The molecule has 0 aliphatic carbocycles. The van der Waals surface area contributed by atoms with Crippen LogP contribution < -0.4 is 19.2 Å². The van der Waals surface area contributed by atoms with Gasteiger partial charge in [0.2, 0.25) is 0 Å². The van der Waals surface area contributed by atoms with Crippen molar-refractivity contribution < 1.29 is 22.7 Å². The molecule has 1 N–H and O–H groups in total. The SMILES string of the molecule is COc1ccc(S(=O)(=O)N(CC(=O)N/N=C\c2ccc(OCc3ccc(Cl)c(Cl)c3)cc2)c2cccc(Cl)c2)cc1. The molecule has 1 amide bonds. The van der Waals surface area contributed by atoms with E-state index in [9.17, 15) is 13.2 Å². The first-order chi connectivity index (χ1) is 19.7. The van der Waals surface area contributed by atoms with E-state index in [1.54, 1.807) is 54.6 Å². The van der Waals surface area contributed by atoms with Crippen LogP contribution >= 0.6 is 34.8 Å². The second-order valence-corrected chi connectivity index (χ2v) is 11.7. The largest absolute Gasteiger partial charge is 0.497 e. The Morgan fingerprint density at radius 3 is 2.27 bits per heavy atom. The molecule has 0 aliphatic rings. The van der Waals surface area contributed by atoms with Gasteiger partial charge in [0.1, 0.15) is 24.7 Å². The molecule has 0 saturated heterocycles. The van der Waals surface area contributed by atoms with E-state index in [0.29, 0.717) is 38.7 Å². The fraction of sp³-hybridized carbons (Fsp3) is 0.103. The summed E-state index contributed by atoms with van der Waals surface area (Å²) in [6.07, 6.45) is 1.43. The van der Waals surface area contributed by atoms with Crippen LogP contribution in [0.1, 0.15) is 11.1 Å². The summed E-state index contributed by atoms with van der Waals surface area (Å²) in [6.45, 7) is -0.226. The van der Waals surface area contributed by atoms with Gasteiger partial charge in [-0.2, -0.15) is 5.10 Å². The van der Waals surface area contributed by atoms with E-state index in [4.69, 9.17) is 44.3 Å². The Kier molecular flexibility index (Phi) is 10.1. The molecule has 4 rings (SSSR count). The zero-order valence-electron chi connectivity index (χ0n) is 21.6. The Morgan fingerprint density at radius 2 is 1.61 bits per heavy atom. The number of hydrazone groups is 1. The third kappa shape index (κ3) is 8.14. The molecule has 4 aromatic carbocycles. The fourth-order valence-electron chi connectivity index (χ4n) is 3.61. The normalized spacial score (nSPS) is 11.3. The summed E-state index contributed by atoms with van der Waals surface area (Å²) >= 11 is 18.1. The molecule has 0 fully saturated rings. The van der Waals surface area contributed by atoms with Crippen LogP contribution in [0.2, 0.25) is 15.1 Å². The van der Waals surface area contributed by atoms with Gasteiger partial charge in [-0.05, 0) is 90.0 Å². The number of nitrogens with one attached hydrogen (secondary N) is 1. The van der Waals surface area contributed by atoms with Crippen LogP contribution in [0.25, 0.3) is 0 Å². The second kappa shape index (κ2) is 13.7. The van der Waals surface area contributed by atoms with E-state index in [0.717, 1.165) is 9.87 Å². The molecule has 212 valence electrons.